The quantitative estimate of drug-likeness (QED) is 0.186. The number of fused-ring (bicyclic) bond motifs is 1. The number of rotatable bonds is 16. The molecule has 0 radical (unpaired) electrons. The van der Waals surface area contributed by atoms with E-state index in [4.69, 9.17) is 28.3 Å². The topological polar surface area (TPSA) is 63.8 Å². The van der Waals surface area contributed by atoms with Gasteiger partial charge < -0.3 is 9.67 Å². The van der Waals surface area contributed by atoms with Crippen LogP contribution in [-0.4, -0.2) is 31.2 Å². The Morgan fingerprint density at radius 1 is 0.714 bits per heavy atom. The number of aromatic nitrogens is 4. The van der Waals surface area contributed by atoms with E-state index in [9.17, 15) is 0 Å². The van der Waals surface area contributed by atoms with Crippen molar-refractivity contribution in [3.05, 3.63) is 16.8 Å². The minimum absolute atomic E-state index is 0.140. The molecule has 0 fully saturated rings. The van der Waals surface area contributed by atoms with Gasteiger partial charge in [0.15, 0.2) is 10.8 Å². The number of hydrogen-bond acceptors (Lipinski definition) is 4. The zero-order valence-electron chi connectivity index (χ0n) is 16.9. The zero-order valence-corrected chi connectivity index (χ0v) is 18.4. The van der Waals surface area contributed by atoms with E-state index in [1.165, 1.54) is 77.0 Å². The van der Waals surface area contributed by atoms with Crippen LogP contribution in [0.1, 0.15) is 89.9 Å². The normalized spacial score (nSPS) is 11.5. The lowest BCUT2D eigenvalue weighted by Crippen LogP contribution is -1.98. The summed E-state index contributed by atoms with van der Waals surface area (Å²) in [5.74, 6) is 0. The van der Waals surface area contributed by atoms with E-state index >= 15 is 0 Å². The minimum Gasteiger partial charge on any atom is -0.396 e. The van der Waals surface area contributed by atoms with Gasteiger partial charge in [-0.2, -0.15) is 4.98 Å². The summed E-state index contributed by atoms with van der Waals surface area (Å²) >= 11 is 12.0. The first-order valence-corrected chi connectivity index (χ1v) is 11.6. The summed E-state index contributed by atoms with van der Waals surface area (Å²) in [6.45, 7) is 1.23. The molecule has 158 valence electrons. The fraction of sp³-hybridized carbons (Fsp3) is 0.762. The standard InChI is InChI=1S/C21H34Cl2N4O/c22-19-18-20(26-21(23)25-19)24-17-27(18)15-13-11-9-7-5-3-1-2-4-6-8-10-12-14-16-28/h17,28H,1-16H2. The highest BCUT2D eigenvalue weighted by Crippen LogP contribution is 2.22. The molecule has 0 saturated carbocycles. The van der Waals surface area contributed by atoms with Crippen LogP contribution in [0, 0.1) is 0 Å². The molecule has 5 nitrogen and oxygen atoms in total. The maximum Gasteiger partial charge on any atom is 0.225 e. The highest BCUT2D eigenvalue weighted by molar-refractivity contribution is 6.35. The Hall–Kier alpha value is -0.910. The first-order chi connectivity index (χ1) is 13.7. The van der Waals surface area contributed by atoms with Crippen LogP contribution in [0.25, 0.3) is 11.2 Å². The van der Waals surface area contributed by atoms with E-state index in [0.717, 1.165) is 24.9 Å². The zero-order chi connectivity index (χ0) is 20.0. The molecule has 0 aliphatic carbocycles. The van der Waals surface area contributed by atoms with Crippen LogP contribution < -0.4 is 0 Å². The van der Waals surface area contributed by atoms with Crippen molar-refractivity contribution in [2.24, 2.45) is 0 Å². The molecular formula is C21H34Cl2N4O. The Labute approximate surface area is 178 Å². The van der Waals surface area contributed by atoms with Crippen LogP contribution in [-0.2, 0) is 6.54 Å². The van der Waals surface area contributed by atoms with Crippen molar-refractivity contribution in [2.75, 3.05) is 6.61 Å². The molecule has 1 N–H and O–H groups in total. The van der Waals surface area contributed by atoms with Gasteiger partial charge in [-0.3, -0.25) is 0 Å². The maximum atomic E-state index is 8.74. The van der Waals surface area contributed by atoms with Gasteiger partial charge in [0.05, 0.1) is 6.33 Å². The van der Waals surface area contributed by atoms with Crippen LogP contribution in [0.5, 0.6) is 0 Å². The maximum absolute atomic E-state index is 8.74. The van der Waals surface area contributed by atoms with Gasteiger partial charge in [-0.25, -0.2) is 9.97 Å². The smallest absolute Gasteiger partial charge is 0.225 e. The van der Waals surface area contributed by atoms with E-state index in [-0.39, 0.29) is 5.28 Å². The van der Waals surface area contributed by atoms with Crippen LogP contribution in [0.3, 0.4) is 0 Å². The molecule has 0 aliphatic heterocycles. The molecule has 0 saturated heterocycles. The summed E-state index contributed by atoms with van der Waals surface area (Å²) in [5, 5.41) is 9.25. The number of imidazole rings is 1. The molecular weight excluding hydrogens is 395 g/mol. The summed E-state index contributed by atoms with van der Waals surface area (Å²) in [7, 11) is 0. The van der Waals surface area contributed by atoms with Crippen molar-refractivity contribution >= 4 is 34.4 Å². The molecule has 0 unspecified atom stereocenters. The second kappa shape index (κ2) is 14.1. The molecule has 2 rings (SSSR count). The Balaban J connectivity index is 1.43. The fourth-order valence-electron chi connectivity index (χ4n) is 3.60. The molecule has 0 amide bonds. The minimum atomic E-state index is 0.140. The highest BCUT2D eigenvalue weighted by atomic mass is 35.5. The van der Waals surface area contributed by atoms with Crippen molar-refractivity contribution in [1.29, 1.82) is 0 Å². The Kier molecular flexibility index (Phi) is 11.8. The monoisotopic (exact) mass is 428 g/mol. The third-order valence-corrected chi connectivity index (χ3v) is 5.64. The summed E-state index contributed by atoms with van der Waals surface area (Å²) in [6, 6.07) is 0. The molecule has 0 aliphatic rings. The van der Waals surface area contributed by atoms with Crippen molar-refractivity contribution in [1.82, 2.24) is 19.5 Å². The van der Waals surface area contributed by atoms with Crippen LogP contribution in [0.2, 0.25) is 10.4 Å². The summed E-state index contributed by atoms with van der Waals surface area (Å²) in [6.07, 6.45) is 19.7. The Bertz CT molecular complexity index is 678. The SMILES string of the molecule is OCCCCCCCCCCCCCCCCn1cnc2nc(Cl)nc(Cl)c21. The number of hydrogen-bond donors (Lipinski definition) is 1. The lowest BCUT2D eigenvalue weighted by Gasteiger charge is -2.05. The number of aliphatic hydroxyl groups is 1. The van der Waals surface area contributed by atoms with E-state index in [1.54, 1.807) is 6.33 Å². The molecule has 2 heterocycles. The third kappa shape index (κ3) is 8.62. The first-order valence-electron chi connectivity index (χ1n) is 10.9. The molecule has 0 spiro atoms. The number of aliphatic hydroxyl groups excluding tert-OH is 1. The predicted molar refractivity (Wildman–Crippen MR) is 117 cm³/mol. The number of halogens is 2. The third-order valence-electron chi connectivity index (χ3n) is 5.21. The van der Waals surface area contributed by atoms with Gasteiger partial charge in [-0.05, 0) is 24.4 Å². The largest absolute Gasteiger partial charge is 0.396 e. The molecule has 2 aromatic rings. The number of nitrogens with zero attached hydrogens (tertiary/aromatic N) is 4. The molecule has 28 heavy (non-hydrogen) atoms. The number of unbranched alkanes of at least 4 members (excludes halogenated alkanes) is 13. The second-order valence-corrected chi connectivity index (χ2v) is 8.26. The van der Waals surface area contributed by atoms with Gasteiger partial charge >= 0.3 is 0 Å². The molecule has 7 heteroatoms. The Morgan fingerprint density at radius 3 is 1.75 bits per heavy atom. The van der Waals surface area contributed by atoms with Gasteiger partial charge in [-0.1, -0.05) is 88.7 Å². The van der Waals surface area contributed by atoms with Gasteiger partial charge in [0, 0.05) is 13.2 Å². The Morgan fingerprint density at radius 2 is 1.21 bits per heavy atom. The number of aryl methyl sites for hydroxylation is 1. The van der Waals surface area contributed by atoms with Gasteiger partial charge in [-0.15, -0.1) is 0 Å². The van der Waals surface area contributed by atoms with Crippen molar-refractivity contribution < 1.29 is 5.11 Å². The molecule has 0 atom stereocenters. The van der Waals surface area contributed by atoms with Gasteiger partial charge in [0.2, 0.25) is 5.28 Å². The lowest BCUT2D eigenvalue weighted by atomic mass is 10.0. The summed E-state index contributed by atoms with van der Waals surface area (Å²) < 4.78 is 2.03. The van der Waals surface area contributed by atoms with Gasteiger partial charge in [0.1, 0.15) is 5.52 Å². The predicted octanol–water partition coefficient (Wildman–Crippen LogP) is 6.59. The van der Waals surface area contributed by atoms with E-state index in [0.29, 0.717) is 17.4 Å². The van der Waals surface area contributed by atoms with Crippen molar-refractivity contribution in [3.8, 4) is 0 Å². The van der Waals surface area contributed by atoms with Crippen LogP contribution >= 0.6 is 23.2 Å². The van der Waals surface area contributed by atoms with Crippen molar-refractivity contribution in [3.63, 3.8) is 0 Å². The fourth-order valence-corrected chi connectivity index (χ4v) is 4.08. The average molecular weight is 429 g/mol. The van der Waals surface area contributed by atoms with E-state index in [2.05, 4.69) is 15.0 Å². The van der Waals surface area contributed by atoms with E-state index < -0.39 is 0 Å². The highest BCUT2D eigenvalue weighted by Gasteiger charge is 2.10. The molecule has 0 aromatic carbocycles. The second-order valence-electron chi connectivity index (χ2n) is 7.57. The summed E-state index contributed by atoms with van der Waals surface area (Å²) in [4.78, 5) is 12.4. The molecule has 0 bridgehead atoms. The van der Waals surface area contributed by atoms with E-state index in [1.807, 2.05) is 4.57 Å². The van der Waals surface area contributed by atoms with Crippen LogP contribution in [0.15, 0.2) is 6.33 Å². The lowest BCUT2D eigenvalue weighted by molar-refractivity contribution is 0.282. The van der Waals surface area contributed by atoms with Gasteiger partial charge in [0.25, 0.3) is 0 Å². The average Bonchev–Trinajstić information content (AvgIpc) is 3.08. The first kappa shape index (κ1) is 23.4. The van der Waals surface area contributed by atoms with Crippen molar-refractivity contribution in [2.45, 2.75) is 96.4 Å². The molecule has 2 aromatic heterocycles. The summed E-state index contributed by atoms with van der Waals surface area (Å²) in [5.41, 5.74) is 1.34. The van der Waals surface area contributed by atoms with Crippen LogP contribution in [0.4, 0.5) is 0 Å².